The quantitative estimate of drug-likeness (QED) is 0.752. The minimum absolute atomic E-state index is 0.0174. The molecule has 8 heteroatoms. The van der Waals surface area contributed by atoms with Gasteiger partial charge in [0.25, 0.3) is 0 Å². The van der Waals surface area contributed by atoms with Crippen LogP contribution in [0.4, 0.5) is 5.82 Å². The van der Waals surface area contributed by atoms with Crippen LogP contribution in [0.1, 0.15) is 12.6 Å². The summed E-state index contributed by atoms with van der Waals surface area (Å²) < 4.78 is 31.0. The summed E-state index contributed by atoms with van der Waals surface area (Å²) in [6, 6.07) is 6.08. The number of sulfone groups is 1. The van der Waals surface area contributed by atoms with Gasteiger partial charge in [0.2, 0.25) is 9.84 Å². The maximum absolute atomic E-state index is 13.0. The summed E-state index contributed by atoms with van der Waals surface area (Å²) >= 11 is 0. The first-order chi connectivity index (χ1) is 11.4. The molecule has 0 aliphatic heterocycles. The summed E-state index contributed by atoms with van der Waals surface area (Å²) in [5, 5.41) is 0. The van der Waals surface area contributed by atoms with Crippen LogP contribution in [0, 0.1) is 0 Å². The summed E-state index contributed by atoms with van der Waals surface area (Å²) in [6.45, 7) is 5.61. The molecule has 2 heterocycles. The molecule has 0 saturated carbocycles. The van der Waals surface area contributed by atoms with Gasteiger partial charge in [0.05, 0.1) is 23.2 Å². The van der Waals surface area contributed by atoms with Gasteiger partial charge in [-0.25, -0.2) is 18.4 Å². The maximum Gasteiger partial charge on any atom is 0.212 e. The normalized spacial score (nSPS) is 11.6. The topological polar surface area (TPSA) is 111 Å². The van der Waals surface area contributed by atoms with Crippen LogP contribution in [0.15, 0.2) is 47.0 Å². The Morgan fingerprint density at radius 2 is 1.92 bits per heavy atom. The lowest BCUT2D eigenvalue weighted by Crippen LogP contribution is -2.05. The molecule has 0 amide bonds. The van der Waals surface area contributed by atoms with E-state index in [1.165, 1.54) is 25.6 Å². The van der Waals surface area contributed by atoms with Crippen molar-refractivity contribution in [3.63, 3.8) is 0 Å². The Morgan fingerprint density at radius 1 is 1.25 bits per heavy atom. The predicted octanol–water partition coefficient (Wildman–Crippen LogP) is 2.41. The number of rotatable bonds is 4. The van der Waals surface area contributed by atoms with Crippen LogP contribution >= 0.6 is 0 Å². The molecule has 7 nitrogen and oxygen atoms in total. The standard InChI is InChI=1S/C16H16N4O3S/c1-9(2)12-13-14(19-8-18-12)15(16(17)20-13)24(21,22)11-6-4-10(23-3)5-7-11/h4-8,20H,1,17H2,2-3H3. The van der Waals surface area contributed by atoms with Gasteiger partial charge in [-0.1, -0.05) is 6.58 Å². The third-order valence-corrected chi connectivity index (χ3v) is 5.45. The molecule has 0 radical (unpaired) electrons. The van der Waals surface area contributed by atoms with Crippen LogP contribution in [0.3, 0.4) is 0 Å². The second-order valence-electron chi connectivity index (χ2n) is 5.27. The number of aromatic nitrogens is 3. The molecule has 0 atom stereocenters. The van der Waals surface area contributed by atoms with Crippen molar-refractivity contribution in [3.8, 4) is 5.75 Å². The van der Waals surface area contributed by atoms with Crippen LogP contribution in [-0.4, -0.2) is 30.5 Å². The minimum atomic E-state index is -3.85. The number of hydrogen-bond donors (Lipinski definition) is 2. The van der Waals surface area contributed by atoms with E-state index in [-0.39, 0.29) is 21.1 Å². The fourth-order valence-corrected chi connectivity index (χ4v) is 3.94. The first-order valence-corrected chi connectivity index (χ1v) is 8.51. The number of hydrogen-bond acceptors (Lipinski definition) is 6. The molecule has 3 N–H and O–H groups in total. The van der Waals surface area contributed by atoms with E-state index < -0.39 is 9.84 Å². The average Bonchev–Trinajstić information content (AvgIpc) is 2.91. The summed E-state index contributed by atoms with van der Waals surface area (Å²) in [6.07, 6.45) is 1.30. The molecule has 0 spiro atoms. The van der Waals surface area contributed by atoms with Crippen molar-refractivity contribution in [1.29, 1.82) is 0 Å². The number of nitrogens with one attached hydrogen (secondary N) is 1. The fraction of sp³-hybridized carbons (Fsp3) is 0.125. The number of fused-ring (bicyclic) bond motifs is 1. The van der Waals surface area contributed by atoms with Crippen molar-refractivity contribution in [2.75, 3.05) is 12.8 Å². The second kappa shape index (κ2) is 5.64. The minimum Gasteiger partial charge on any atom is -0.497 e. The molecule has 3 rings (SSSR count). The SMILES string of the molecule is C=C(C)c1ncnc2c(S(=O)(=O)c3ccc(OC)cc3)c(N)[nH]c12. The van der Waals surface area contributed by atoms with Crippen LogP contribution in [0.5, 0.6) is 5.75 Å². The number of nitrogens with zero attached hydrogens (tertiary/aromatic N) is 2. The number of nitrogen functional groups attached to an aromatic ring is 1. The highest BCUT2D eigenvalue weighted by atomic mass is 32.2. The van der Waals surface area contributed by atoms with E-state index in [9.17, 15) is 8.42 Å². The first-order valence-electron chi connectivity index (χ1n) is 7.03. The Labute approximate surface area is 139 Å². The van der Waals surface area contributed by atoms with Gasteiger partial charge < -0.3 is 15.5 Å². The van der Waals surface area contributed by atoms with Crippen molar-refractivity contribution in [3.05, 3.63) is 42.9 Å². The van der Waals surface area contributed by atoms with Gasteiger partial charge >= 0.3 is 0 Å². The van der Waals surface area contributed by atoms with Crippen LogP contribution in [0.2, 0.25) is 0 Å². The number of aromatic amines is 1. The Balaban J connectivity index is 2.26. The number of methoxy groups -OCH3 is 1. The molecule has 0 fully saturated rings. The van der Waals surface area contributed by atoms with Gasteiger partial charge in [-0.15, -0.1) is 0 Å². The maximum atomic E-state index is 13.0. The molecular weight excluding hydrogens is 328 g/mol. The third-order valence-electron chi connectivity index (χ3n) is 3.61. The number of allylic oxidation sites excluding steroid dienone is 1. The molecule has 0 aliphatic rings. The molecule has 124 valence electrons. The lowest BCUT2D eigenvalue weighted by molar-refractivity contribution is 0.414. The van der Waals surface area contributed by atoms with E-state index >= 15 is 0 Å². The van der Waals surface area contributed by atoms with Gasteiger partial charge in [-0.3, -0.25) is 0 Å². The third kappa shape index (κ3) is 2.41. The lowest BCUT2D eigenvalue weighted by atomic mass is 10.2. The van der Waals surface area contributed by atoms with E-state index in [4.69, 9.17) is 10.5 Å². The molecule has 2 aromatic heterocycles. The number of anilines is 1. The number of H-pyrrole nitrogens is 1. The first kappa shape index (κ1) is 16.0. The van der Waals surface area contributed by atoms with Crippen molar-refractivity contribution in [2.45, 2.75) is 16.7 Å². The molecule has 0 unspecified atom stereocenters. The van der Waals surface area contributed by atoms with E-state index in [0.29, 0.717) is 22.5 Å². The Kier molecular flexibility index (Phi) is 3.76. The smallest absolute Gasteiger partial charge is 0.212 e. The van der Waals surface area contributed by atoms with E-state index in [1.807, 2.05) is 0 Å². The lowest BCUT2D eigenvalue weighted by Gasteiger charge is -2.06. The van der Waals surface area contributed by atoms with E-state index in [2.05, 4.69) is 21.5 Å². The summed E-state index contributed by atoms with van der Waals surface area (Å²) in [5.74, 6) is 0.580. The summed E-state index contributed by atoms with van der Waals surface area (Å²) in [4.78, 5) is 11.1. The van der Waals surface area contributed by atoms with E-state index in [0.717, 1.165) is 0 Å². The monoisotopic (exact) mass is 344 g/mol. The number of benzene rings is 1. The molecule has 3 aromatic rings. The van der Waals surface area contributed by atoms with Crippen LogP contribution in [-0.2, 0) is 9.84 Å². The number of nitrogens with two attached hydrogens (primary N) is 1. The molecule has 1 aromatic carbocycles. The highest BCUT2D eigenvalue weighted by Crippen LogP contribution is 2.34. The Bertz CT molecular complexity index is 1040. The Hall–Kier alpha value is -2.87. The predicted molar refractivity (Wildman–Crippen MR) is 91.5 cm³/mol. The van der Waals surface area contributed by atoms with E-state index in [1.54, 1.807) is 19.1 Å². The van der Waals surface area contributed by atoms with Crippen molar-refractivity contribution >= 4 is 32.3 Å². The van der Waals surface area contributed by atoms with Crippen molar-refractivity contribution < 1.29 is 13.2 Å². The average molecular weight is 344 g/mol. The van der Waals surface area contributed by atoms with Gasteiger partial charge in [0.1, 0.15) is 28.3 Å². The van der Waals surface area contributed by atoms with Crippen LogP contribution in [0.25, 0.3) is 16.6 Å². The molecular formula is C16H16N4O3S. The van der Waals surface area contributed by atoms with Gasteiger partial charge in [0, 0.05) is 0 Å². The van der Waals surface area contributed by atoms with Gasteiger partial charge in [-0.05, 0) is 36.8 Å². The van der Waals surface area contributed by atoms with Gasteiger partial charge in [0.15, 0.2) is 0 Å². The fourth-order valence-electron chi connectivity index (χ4n) is 2.46. The molecule has 0 saturated heterocycles. The largest absolute Gasteiger partial charge is 0.497 e. The number of ether oxygens (including phenoxy) is 1. The zero-order valence-electron chi connectivity index (χ0n) is 13.2. The second-order valence-corrected chi connectivity index (χ2v) is 7.16. The molecule has 0 aliphatic carbocycles. The molecule has 0 bridgehead atoms. The van der Waals surface area contributed by atoms with Crippen molar-refractivity contribution in [1.82, 2.24) is 15.0 Å². The highest BCUT2D eigenvalue weighted by Gasteiger charge is 2.27. The zero-order chi connectivity index (χ0) is 17.5. The summed E-state index contributed by atoms with van der Waals surface area (Å²) in [7, 11) is -2.34. The van der Waals surface area contributed by atoms with Gasteiger partial charge in [-0.2, -0.15) is 0 Å². The molecule has 24 heavy (non-hydrogen) atoms. The summed E-state index contributed by atoms with van der Waals surface area (Å²) in [5.41, 5.74) is 7.85. The van der Waals surface area contributed by atoms with Crippen LogP contribution < -0.4 is 10.5 Å². The Morgan fingerprint density at radius 3 is 2.50 bits per heavy atom. The van der Waals surface area contributed by atoms with Crippen molar-refractivity contribution in [2.24, 2.45) is 0 Å². The zero-order valence-corrected chi connectivity index (χ0v) is 14.0. The highest BCUT2D eigenvalue weighted by molar-refractivity contribution is 7.92.